The van der Waals surface area contributed by atoms with Gasteiger partial charge in [-0.05, 0) is 32.1 Å². The lowest BCUT2D eigenvalue weighted by Crippen LogP contribution is -2.46. The maximum Gasteiger partial charge on any atom is 0.191 e. The Hall–Kier alpha value is -1.67. The third kappa shape index (κ3) is 7.23. The molecule has 8 heteroatoms. The number of hydrogen-bond donors (Lipinski definition) is 2. The minimum Gasteiger partial charge on any atom is -0.374 e. The fourth-order valence-corrected chi connectivity index (χ4v) is 4.29. The smallest absolute Gasteiger partial charge is 0.191 e. The average molecular weight is 420 g/mol. The highest BCUT2D eigenvalue weighted by Crippen LogP contribution is 2.15. The minimum absolute atomic E-state index is 0.180. The number of morpholine rings is 1. The first-order chi connectivity index (χ1) is 14.7. The Labute approximate surface area is 181 Å². The van der Waals surface area contributed by atoms with Crippen molar-refractivity contribution >= 4 is 5.96 Å². The molecule has 0 amide bonds. The normalized spacial score (nSPS) is 20.8. The van der Waals surface area contributed by atoms with Gasteiger partial charge in [0, 0.05) is 52.1 Å². The molecule has 2 aliphatic rings. The second kappa shape index (κ2) is 12.2. The molecule has 0 saturated carbocycles. The molecule has 1 atom stereocenters. The Bertz CT molecular complexity index is 658. The van der Waals surface area contributed by atoms with E-state index in [2.05, 4.69) is 51.1 Å². The summed E-state index contributed by atoms with van der Waals surface area (Å²) in [5.74, 6) is 3.87. The van der Waals surface area contributed by atoms with Gasteiger partial charge in [-0.25, -0.2) is 0 Å². The number of fused-ring (bicyclic) bond motifs is 1. The van der Waals surface area contributed by atoms with Crippen molar-refractivity contribution in [2.45, 2.75) is 71.9 Å². The van der Waals surface area contributed by atoms with Gasteiger partial charge in [0.05, 0.1) is 19.3 Å². The largest absolute Gasteiger partial charge is 0.374 e. The highest BCUT2D eigenvalue weighted by atomic mass is 16.5. The fourth-order valence-electron chi connectivity index (χ4n) is 4.29. The molecule has 0 aromatic carbocycles. The lowest BCUT2D eigenvalue weighted by molar-refractivity contribution is -0.0261. The number of rotatable bonds is 9. The minimum atomic E-state index is 0.180. The molecule has 0 spiro atoms. The van der Waals surface area contributed by atoms with Crippen molar-refractivity contribution in [3.8, 4) is 0 Å². The summed E-state index contributed by atoms with van der Waals surface area (Å²) in [6, 6.07) is 0. The molecular formula is C22H41N7O. The van der Waals surface area contributed by atoms with Crippen LogP contribution in [0.5, 0.6) is 0 Å². The van der Waals surface area contributed by atoms with Gasteiger partial charge >= 0.3 is 0 Å². The van der Waals surface area contributed by atoms with Crippen LogP contribution in [0.15, 0.2) is 4.99 Å². The Kier molecular flexibility index (Phi) is 9.39. The number of hydrogen-bond acceptors (Lipinski definition) is 5. The van der Waals surface area contributed by atoms with Gasteiger partial charge in [0.25, 0.3) is 0 Å². The molecule has 3 rings (SSSR count). The molecule has 2 aliphatic heterocycles. The predicted molar refractivity (Wildman–Crippen MR) is 121 cm³/mol. The molecule has 1 fully saturated rings. The van der Waals surface area contributed by atoms with Crippen molar-refractivity contribution in [3.05, 3.63) is 11.6 Å². The van der Waals surface area contributed by atoms with Crippen LogP contribution in [0.1, 0.15) is 58.1 Å². The number of nitrogens with zero attached hydrogens (tertiary/aromatic N) is 5. The molecule has 0 bridgehead atoms. The maximum absolute atomic E-state index is 5.93. The molecular weight excluding hydrogens is 378 g/mol. The first kappa shape index (κ1) is 23.0. The van der Waals surface area contributed by atoms with Crippen molar-refractivity contribution in [1.29, 1.82) is 0 Å². The molecule has 2 N–H and O–H groups in total. The van der Waals surface area contributed by atoms with Crippen LogP contribution in [-0.2, 0) is 24.1 Å². The zero-order valence-electron chi connectivity index (χ0n) is 19.2. The Morgan fingerprint density at radius 3 is 2.93 bits per heavy atom. The van der Waals surface area contributed by atoms with E-state index in [1.165, 1.54) is 25.1 Å². The summed E-state index contributed by atoms with van der Waals surface area (Å²) < 4.78 is 8.28. The molecule has 1 saturated heterocycles. The van der Waals surface area contributed by atoms with Crippen LogP contribution in [0.4, 0.5) is 0 Å². The van der Waals surface area contributed by atoms with Crippen LogP contribution in [-0.4, -0.2) is 77.6 Å². The maximum atomic E-state index is 5.93. The van der Waals surface area contributed by atoms with Crippen LogP contribution in [0.2, 0.25) is 0 Å². The quantitative estimate of drug-likeness (QED) is 0.361. The lowest BCUT2D eigenvalue weighted by atomic mass is 10.2. The predicted octanol–water partition coefficient (Wildman–Crippen LogP) is 1.85. The van der Waals surface area contributed by atoms with Crippen molar-refractivity contribution in [2.24, 2.45) is 10.9 Å². The van der Waals surface area contributed by atoms with Crippen molar-refractivity contribution in [2.75, 3.05) is 45.9 Å². The van der Waals surface area contributed by atoms with Gasteiger partial charge < -0.3 is 19.9 Å². The van der Waals surface area contributed by atoms with Crippen LogP contribution >= 0.6 is 0 Å². The SMILES string of the molecule is CCNC(=NCC1CN(CC(C)C)CCO1)NCCCc1nnc2n1CCCCC2. The van der Waals surface area contributed by atoms with E-state index in [4.69, 9.17) is 9.73 Å². The van der Waals surface area contributed by atoms with Crippen molar-refractivity contribution in [1.82, 2.24) is 30.3 Å². The summed E-state index contributed by atoms with van der Waals surface area (Å²) >= 11 is 0. The number of aryl methyl sites for hydroxylation is 2. The average Bonchev–Trinajstić information content (AvgIpc) is 2.95. The monoisotopic (exact) mass is 419 g/mol. The van der Waals surface area contributed by atoms with E-state index in [1.54, 1.807) is 0 Å². The Morgan fingerprint density at radius 1 is 1.20 bits per heavy atom. The van der Waals surface area contributed by atoms with E-state index >= 15 is 0 Å². The first-order valence-corrected chi connectivity index (χ1v) is 11.9. The topological polar surface area (TPSA) is 79.6 Å². The molecule has 0 radical (unpaired) electrons. The van der Waals surface area contributed by atoms with Gasteiger partial charge in [-0.3, -0.25) is 9.89 Å². The van der Waals surface area contributed by atoms with E-state index in [0.29, 0.717) is 12.5 Å². The van der Waals surface area contributed by atoms with Gasteiger partial charge in [-0.2, -0.15) is 0 Å². The van der Waals surface area contributed by atoms with Crippen LogP contribution < -0.4 is 10.6 Å². The fraction of sp³-hybridized carbons (Fsp3) is 0.864. The Balaban J connectivity index is 1.42. The molecule has 1 aromatic heterocycles. The van der Waals surface area contributed by atoms with Gasteiger partial charge in [-0.1, -0.05) is 20.3 Å². The third-order valence-corrected chi connectivity index (χ3v) is 5.70. The van der Waals surface area contributed by atoms with Crippen molar-refractivity contribution in [3.63, 3.8) is 0 Å². The summed E-state index contributed by atoms with van der Waals surface area (Å²) in [5.41, 5.74) is 0. The van der Waals surface area contributed by atoms with E-state index in [0.717, 1.165) is 76.9 Å². The Morgan fingerprint density at radius 2 is 2.10 bits per heavy atom. The number of ether oxygens (including phenoxy) is 1. The summed E-state index contributed by atoms with van der Waals surface area (Å²) in [4.78, 5) is 7.27. The highest BCUT2D eigenvalue weighted by molar-refractivity contribution is 5.79. The second-order valence-electron chi connectivity index (χ2n) is 8.89. The number of guanidine groups is 1. The first-order valence-electron chi connectivity index (χ1n) is 11.9. The number of aromatic nitrogens is 3. The summed E-state index contributed by atoms with van der Waals surface area (Å²) in [7, 11) is 0. The highest BCUT2D eigenvalue weighted by Gasteiger charge is 2.20. The van der Waals surface area contributed by atoms with Gasteiger partial charge in [0.15, 0.2) is 5.96 Å². The summed E-state index contributed by atoms with van der Waals surface area (Å²) in [6.07, 6.45) is 7.00. The van der Waals surface area contributed by atoms with Crippen LogP contribution in [0, 0.1) is 5.92 Å². The van der Waals surface area contributed by atoms with Crippen LogP contribution in [0.3, 0.4) is 0 Å². The molecule has 1 aromatic rings. The molecule has 30 heavy (non-hydrogen) atoms. The van der Waals surface area contributed by atoms with E-state index in [-0.39, 0.29) is 6.10 Å². The second-order valence-corrected chi connectivity index (χ2v) is 8.89. The van der Waals surface area contributed by atoms with Crippen LogP contribution in [0.25, 0.3) is 0 Å². The molecule has 1 unspecified atom stereocenters. The number of aliphatic imine (C=N–C) groups is 1. The van der Waals surface area contributed by atoms with E-state index < -0.39 is 0 Å². The lowest BCUT2D eigenvalue weighted by Gasteiger charge is -2.33. The molecule has 0 aliphatic carbocycles. The zero-order chi connectivity index (χ0) is 21.2. The van der Waals surface area contributed by atoms with Gasteiger partial charge in [0.2, 0.25) is 0 Å². The zero-order valence-corrected chi connectivity index (χ0v) is 19.2. The van der Waals surface area contributed by atoms with Crippen molar-refractivity contribution < 1.29 is 4.74 Å². The summed E-state index contributed by atoms with van der Waals surface area (Å²) in [6.45, 7) is 14.1. The molecule has 3 heterocycles. The molecule has 170 valence electrons. The van der Waals surface area contributed by atoms with E-state index in [1.807, 2.05) is 0 Å². The standard InChI is InChI=1S/C22H41N7O/c1-4-23-22(25-15-19-17-28(13-14-30-19)16-18(2)3)24-11-8-10-21-27-26-20-9-6-5-7-12-29(20)21/h18-19H,4-17H2,1-3H3,(H2,23,24,25). The van der Waals surface area contributed by atoms with E-state index in [9.17, 15) is 0 Å². The van der Waals surface area contributed by atoms with Gasteiger partial charge in [-0.15, -0.1) is 10.2 Å². The molecule has 8 nitrogen and oxygen atoms in total. The van der Waals surface area contributed by atoms with Gasteiger partial charge in [0.1, 0.15) is 11.6 Å². The number of nitrogens with one attached hydrogen (secondary N) is 2. The third-order valence-electron chi connectivity index (χ3n) is 5.70. The summed E-state index contributed by atoms with van der Waals surface area (Å²) in [5, 5.41) is 15.7.